The zero-order valence-corrected chi connectivity index (χ0v) is 16.2. The Morgan fingerprint density at radius 2 is 1.29 bits per heavy atom. The Hall–Kier alpha value is -3.41. The molecule has 0 bridgehead atoms. The van der Waals surface area contributed by atoms with Crippen molar-refractivity contribution in [2.45, 2.75) is 25.9 Å². The van der Waals surface area contributed by atoms with E-state index >= 15 is 0 Å². The minimum Gasteiger partial charge on any atom is -0.344 e. The van der Waals surface area contributed by atoms with E-state index in [1.165, 1.54) is 10.7 Å². The molecule has 6 heteroatoms. The van der Waals surface area contributed by atoms with Crippen LogP contribution in [0.1, 0.15) is 58.0 Å². The quantitative estimate of drug-likeness (QED) is 0.692. The van der Waals surface area contributed by atoms with E-state index in [4.69, 9.17) is 0 Å². The Labute approximate surface area is 164 Å². The number of carbonyl (C=O) groups excluding carboxylic acids is 2. The Balaban J connectivity index is 1.68. The van der Waals surface area contributed by atoms with Gasteiger partial charge in [0.2, 0.25) is 0 Å². The van der Waals surface area contributed by atoms with Crippen molar-refractivity contribution in [3.05, 3.63) is 89.2 Å². The molecule has 0 saturated heterocycles. The van der Waals surface area contributed by atoms with E-state index < -0.39 is 0 Å². The molecule has 0 saturated carbocycles. The zero-order chi connectivity index (χ0) is 20.1. The second kappa shape index (κ2) is 8.52. The molecule has 0 aliphatic heterocycles. The van der Waals surface area contributed by atoms with Gasteiger partial charge in [0, 0.05) is 13.1 Å². The number of hydrogen-bond acceptors (Lipinski definition) is 3. The molecule has 6 nitrogen and oxygen atoms in total. The third-order valence-electron chi connectivity index (χ3n) is 4.64. The van der Waals surface area contributed by atoms with Crippen LogP contribution in [-0.2, 0) is 7.05 Å². The van der Waals surface area contributed by atoms with Gasteiger partial charge in [-0.15, -0.1) is 0 Å². The van der Waals surface area contributed by atoms with Gasteiger partial charge in [-0.1, -0.05) is 60.7 Å². The van der Waals surface area contributed by atoms with Crippen molar-refractivity contribution in [2.75, 3.05) is 0 Å². The highest BCUT2D eigenvalue weighted by molar-refractivity contribution is 5.98. The molecule has 1 aromatic heterocycles. The normalized spacial score (nSPS) is 12.8. The van der Waals surface area contributed by atoms with Gasteiger partial charge in [0.25, 0.3) is 11.8 Å². The van der Waals surface area contributed by atoms with Crippen molar-refractivity contribution in [2.24, 2.45) is 7.05 Å². The summed E-state index contributed by atoms with van der Waals surface area (Å²) in [5.74, 6) is -0.594. The Kier molecular flexibility index (Phi) is 5.89. The second-order valence-corrected chi connectivity index (χ2v) is 6.75. The van der Waals surface area contributed by atoms with Crippen LogP contribution in [0.5, 0.6) is 0 Å². The van der Waals surface area contributed by atoms with Crippen molar-refractivity contribution in [1.29, 1.82) is 0 Å². The first kappa shape index (κ1) is 19.4. The molecule has 3 rings (SSSR count). The number of rotatable bonds is 6. The average molecular weight is 376 g/mol. The first-order valence-electron chi connectivity index (χ1n) is 9.21. The first-order valence-corrected chi connectivity index (χ1v) is 9.21. The van der Waals surface area contributed by atoms with E-state index in [1.54, 1.807) is 7.05 Å². The minimum absolute atomic E-state index is 0.154. The summed E-state index contributed by atoms with van der Waals surface area (Å²) in [6.45, 7) is 3.82. The summed E-state index contributed by atoms with van der Waals surface area (Å²) in [4.78, 5) is 25.2. The zero-order valence-electron chi connectivity index (χ0n) is 16.2. The summed E-state index contributed by atoms with van der Waals surface area (Å²) in [7, 11) is 1.65. The van der Waals surface area contributed by atoms with Crippen LogP contribution in [-0.4, -0.2) is 21.6 Å². The van der Waals surface area contributed by atoms with Crippen LogP contribution >= 0.6 is 0 Å². The van der Waals surface area contributed by atoms with Gasteiger partial charge in [0.05, 0.1) is 12.1 Å². The van der Waals surface area contributed by atoms with Crippen molar-refractivity contribution in [3.8, 4) is 0 Å². The fourth-order valence-electron chi connectivity index (χ4n) is 2.98. The van der Waals surface area contributed by atoms with Gasteiger partial charge in [-0.2, -0.15) is 5.10 Å². The van der Waals surface area contributed by atoms with Crippen LogP contribution in [0.3, 0.4) is 0 Å². The number of nitrogens with zero attached hydrogens (tertiary/aromatic N) is 2. The lowest BCUT2D eigenvalue weighted by Crippen LogP contribution is -2.28. The SMILES string of the molecule is C[C@H](NC(=O)c1cc(C(=O)N[C@@H](C)c2ccccc2)n(C)n1)c1ccccc1. The number of benzene rings is 2. The van der Waals surface area contributed by atoms with E-state index in [1.807, 2.05) is 74.5 Å². The number of aryl methyl sites for hydroxylation is 1. The molecule has 3 aromatic rings. The Morgan fingerprint density at radius 3 is 1.79 bits per heavy atom. The van der Waals surface area contributed by atoms with Gasteiger partial charge in [-0.25, -0.2) is 0 Å². The third kappa shape index (κ3) is 4.46. The van der Waals surface area contributed by atoms with Gasteiger partial charge in [-0.05, 0) is 25.0 Å². The van der Waals surface area contributed by atoms with Crippen LogP contribution in [0.15, 0.2) is 66.7 Å². The summed E-state index contributed by atoms with van der Waals surface area (Å²) >= 11 is 0. The summed E-state index contributed by atoms with van der Waals surface area (Å²) in [6.07, 6.45) is 0. The van der Waals surface area contributed by atoms with E-state index in [-0.39, 0.29) is 29.6 Å². The van der Waals surface area contributed by atoms with E-state index in [2.05, 4.69) is 15.7 Å². The standard InChI is InChI=1S/C22H24N4O2/c1-15(17-10-6-4-7-11-17)23-21(27)19-14-20(26(3)25-19)22(28)24-16(2)18-12-8-5-9-13-18/h4-16H,1-3H3,(H,23,27)(H,24,28)/t15-,16-/m0/s1. The summed E-state index contributed by atoms with van der Waals surface area (Å²) in [6, 6.07) is 20.6. The number of amides is 2. The van der Waals surface area contributed by atoms with E-state index in [9.17, 15) is 9.59 Å². The van der Waals surface area contributed by atoms with E-state index in [0.29, 0.717) is 5.69 Å². The summed E-state index contributed by atoms with van der Waals surface area (Å²) < 4.78 is 1.43. The monoisotopic (exact) mass is 376 g/mol. The molecule has 0 aliphatic carbocycles. The molecule has 1 heterocycles. The maximum atomic E-state index is 12.6. The maximum absolute atomic E-state index is 12.6. The van der Waals surface area contributed by atoms with Crippen molar-refractivity contribution in [3.63, 3.8) is 0 Å². The first-order chi connectivity index (χ1) is 13.5. The molecule has 28 heavy (non-hydrogen) atoms. The molecule has 2 amide bonds. The highest BCUT2D eigenvalue weighted by atomic mass is 16.2. The molecule has 0 radical (unpaired) electrons. The lowest BCUT2D eigenvalue weighted by Gasteiger charge is -2.14. The molecular formula is C22H24N4O2. The predicted molar refractivity (Wildman–Crippen MR) is 108 cm³/mol. The summed E-state index contributed by atoms with van der Waals surface area (Å²) in [5.41, 5.74) is 2.55. The Morgan fingerprint density at radius 1 is 0.821 bits per heavy atom. The molecular weight excluding hydrogens is 352 g/mol. The van der Waals surface area contributed by atoms with Crippen molar-refractivity contribution in [1.82, 2.24) is 20.4 Å². The fraction of sp³-hybridized carbons (Fsp3) is 0.227. The van der Waals surface area contributed by atoms with Gasteiger partial charge in [0.1, 0.15) is 5.69 Å². The molecule has 2 N–H and O–H groups in total. The molecule has 0 spiro atoms. The van der Waals surface area contributed by atoms with Crippen LogP contribution in [0.4, 0.5) is 0 Å². The van der Waals surface area contributed by atoms with Crippen LogP contribution < -0.4 is 10.6 Å². The van der Waals surface area contributed by atoms with Crippen molar-refractivity contribution < 1.29 is 9.59 Å². The number of carbonyl (C=O) groups is 2. The molecule has 0 fully saturated rings. The smallest absolute Gasteiger partial charge is 0.272 e. The largest absolute Gasteiger partial charge is 0.344 e. The second-order valence-electron chi connectivity index (χ2n) is 6.75. The predicted octanol–water partition coefficient (Wildman–Crippen LogP) is 3.40. The van der Waals surface area contributed by atoms with Crippen LogP contribution in [0.2, 0.25) is 0 Å². The third-order valence-corrected chi connectivity index (χ3v) is 4.64. The highest BCUT2D eigenvalue weighted by Crippen LogP contribution is 2.14. The van der Waals surface area contributed by atoms with E-state index in [0.717, 1.165) is 11.1 Å². The summed E-state index contributed by atoms with van der Waals surface area (Å²) in [5, 5.41) is 10.1. The van der Waals surface area contributed by atoms with Gasteiger partial charge in [0.15, 0.2) is 5.69 Å². The lowest BCUT2D eigenvalue weighted by molar-refractivity contribution is 0.0924. The molecule has 0 unspecified atom stereocenters. The maximum Gasteiger partial charge on any atom is 0.272 e. The number of hydrogen-bond donors (Lipinski definition) is 2. The van der Waals surface area contributed by atoms with Gasteiger partial charge in [-0.3, -0.25) is 14.3 Å². The van der Waals surface area contributed by atoms with Crippen LogP contribution in [0, 0.1) is 0 Å². The fourth-order valence-corrected chi connectivity index (χ4v) is 2.98. The van der Waals surface area contributed by atoms with Crippen molar-refractivity contribution >= 4 is 11.8 Å². The number of aromatic nitrogens is 2. The topological polar surface area (TPSA) is 76.0 Å². The molecule has 144 valence electrons. The average Bonchev–Trinajstić information content (AvgIpc) is 3.11. The van der Waals surface area contributed by atoms with Gasteiger partial charge >= 0.3 is 0 Å². The number of nitrogens with one attached hydrogen (secondary N) is 2. The lowest BCUT2D eigenvalue weighted by atomic mass is 10.1. The molecule has 0 aliphatic rings. The van der Waals surface area contributed by atoms with Gasteiger partial charge < -0.3 is 10.6 Å². The molecule has 2 aromatic carbocycles. The van der Waals surface area contributed by atoms with Crippen LogP contribution in [0.25, 0.3) is 0 Å². The highest BCUT2D eigenvalue weighted by Gasteiger charge is 2.20. The minimum atomic E-state index is -0.317. The Bertz CT molecular complexity index is 951. The molecule has 2 atom stereocenters.